The van der Waals surface area contributed by atoms with Crippen molar-refractivity contribution in [3.05, 3.63) is 33.8 Å². The second-order valence-corrected chi connectivity index (χ2v) is 5.33. The van der Waals surface area contributed by atoms with Crippen LogP contribution in [0.15, 0.2) is 22.7 Å². The van der Waals surface area contributed by atoms with Gasteiger partial charge in [0.15, 0.2) is 0 Å². The lowest BCUT2D eigenvalue weighted by molar-refractivity contribution is 0.0743. The summed E-state index contributed by atoms with van der Waals surface area (Å²) in [5, 5.41) is 3.28. The highest BCUT2D eigenvalue weighted by Gasteiger charge is 2.24. The summed E-state index contributed by atoms with van der Waals surface area (Å²) in [6, 6.07) is 6.08. The Bertz CT molecular complexity index is 427. The smallest absolute Gasteiger partial charge is 0.254 e. The molecule has 1 aliphatic rings. The van der Waals surface area contributed by atoms with Crippen molar-refractivity contribution in [2.75, 3.05) is 20.1 Å². The Labute approximate surface area is 110 Å². The number of rotatable bonds is 2. The lowest BCUT2D eigenvalue weighted by Gasteiger charge is -2.24. The Morgan fingerprint density at radius 2 is 2.29 bits per heavy atom. The van der Waals surface area contributed by atoms with E-state index in [1.807, 2.05) is 37.1 Å². The quantitative estimate of drug-likeness (QED) is 0.907. The Morgan fingerprint density at radius 1 is 1.53 bits per heavy atom. The zero-order valence-electron chi connectivity index (χ0n) is 10.2. The molecule has 1 heterocycles. The van der Waals surface area contributed by atoms with Gasteiger partial charge in [-0.15, -0.1) is 0 Å². The molecule has 4 heteroatoms. The highest BCUT2D eigenvalue weighted by atomic mass is 79.9. The molecule has 0 aromatic heterocycles. The molecule has 0 radical (unpaired) electrons. The largest absolute Gasteiger partial charge is 0.337 e. The van der Waals surface area contributed by atoms with Gasteiger partial charge in [0.1, 0.15) is 0 Å². The minimum Gasteiger partial charge on any atom is -0.337 e. The van der Waals surface area contributed by atoms with Gasteiger partial charge in [-0.05, 0) is 37.6 Å². The van der Waals surface area contributed by atoms with Crippen LogP contribution in [0.3, 0.4) is 0 Å². The van der Waals surface area contributed by atoms with Gasteiger partial charge in [0.05, 0.1) is 0 Å². The molecule has 1 saturated heterocycles. The first-order valence-electron chi connectivity index (χ1n) is 5.84. The number of amides is 1. The van der Waals surface area contributed by atoms with Crippen molar-refractivity contribution in [3.63, 3.8) is 0 Å². The van der Waals surface area contributed by atoms with Gasteiger partial charge in [0, 0.05) is 29.7 Å². The van der Waals surface area contributed by atoms with Gasteiger partial charge >= 0.3 is 0 Å². The summed E-state index contributed by atoms with van der Waals surface area (Å²) in [7, 11) is 1.89. The van der Waals surface area contributed by atoms with Crippen LogP contribution in [-0.2, 0) is 0 Å². The molecule has 1 fully saturated rings. The maximum absolute atomic E-state index is 12.4. The second-order valence-electron chi connectivity index (χ2n) is 4.48. The number of halogens is 1. The van der Waals surface area contributed by atoms with Gasteiger partial charge < -0.3 is 10.2 Å². The third kappa shape index (κ3) is 2.53. The Kier molecular flexibility index (Phi) is 3.84. The molecular formula is C13H17BrN2O. The second kappa shape index (κ2) is 5.19. The highest BCUT2D eigenvalue weighted by molar-refractivity contribution is 9.10. The van der Waals surface area contributed by atoms with Crippen molar-refractivity contribution in [2.24, 2.45) is 0 Å². The van der Waals surface area contributed by atoms with E-state index in [0.29, 0.717) is 6.04 Å². The minimum atomic E-state index is 0.109. The Balaban J connectivity index is 2.21. The molecule has 3 nitrogen and oxygen atoms in total. The molecule has 1 atom stereocenters. The van der Waals surface area contributed by atoms with Crippen molar-refractivity contribution >= 4 is 21.8 Å². The van der Waals surface area contributed by atoms with Crippen molar-refractivity contribution in [3.8, 4) is 0 Å². The predicted octanol–water partition coefficient (Wildman–Crippen LogP) is 2.19. The normalized spacial score (nSPS) is 19.4. The van der Waals surface area contributed by atoms with Gasteiger partial charge in [-0.25, -0.2) is 0 Å². The van der Waals surface area contributed by atoms with Crippen molar-refractivity contribution < 1.29 is 4.79 Å². The van der Waals surface area contributed by atoms with Crippen molar-refractivity contribution in [2.45, 2.75) is 19.4 Å². The van der Waals surface area contributed by atoms with Crippen LogP contribution in [0.4, 0.5) is 0 Å². The molecule has 1 aliphatic heterocycles. The summed E-state index contributed by atoms with van der Waals surface area (Å²) in [6.45, 7) is 3.87. The van der Waals surface area contributed by atoms with Gasteiger partial charge in [0.2, 0.25) is 0 Å². The SMILES string of the molecule is Cc1c(Br)cccc1C(=O)N(C)[C@@H]1CCNC1. The van der Waals surface area contributed by atoms with E-state index in [9.17, 15) is 4.79 Å². The Morgan fingerprint density at radius 3 is 2.94 bits per heavy atom. The van der Waals surface area contributed by atoms with Crippen LogP contribution in [0.25, 0.3) is 0 Å². The van der Waals surface area contributed by atoms with Crippen LogP contribution in [0.2, 0.25) is 0 Å². The van der Waals surface area contributed by atoms with Crippen LogP contribution in [0.1, 0.15) is 22.3 Å². The molecule has 0 unspecified atom stereocenters. The molecule has 0 spiro atoms. The summed E-state index contributed by atoms with van der Waals surface area (Å²) < 4.78 is 0.987. The van der Waals surface area contributed by atoms with Crippen LogP contribution in [0, 0.1) is 6.92 Å². The molecule has 2 rings (SSSR count). The van der Waals surface area contributed by atoms with Crippen LogP contribution >= 0.6 is 15.9 Å². The van der Waals surface area contributed by atoms with E-state index in [-0.39, 0.29) is 5.91 Å². The number of carbonyl (C=O) groups excluding carboxylic acids is 1. The first kappa shape index (κ1) is 12.6. The molecule has 1 N–H and O–H groups in total. The highest BCUT2D eigenvalue weighted by Crippen LogP contribution is 2.21. The lowest BCUT2D eigenvalue weighted by atomic mass is 10.1. The number of carbonyl (C=O) groups is 1. The molecule has 17 heavy (non-hydrogen) atoms. The fourth-order valence-electron chi connectivity index (χ4n) is 2.16. The van der Waals surface area contributed by atoms with E-state index in [2.05, 4.69) is 21.2 Å². The number of hydrogen-bond donors (Lipinski definition) is 1. The Hall–Kier alpha value is -0.870. The zero-order chi connectivity index (χ0) is 12.4. The van der Waals surface area contributed by atoms with E-state index >= 15 is 0 Å². The van der Waals surface area contributed by atoms with Crippen LogP contribution in [0.5, 0.6) is 0 Å². The fourth-order valence-corrected chi connectivity index (χ4v) is 2.53. The molecule has 1 aromatic rings. The van der Waals surface area contributed by atoms with E-state index in [0.717, 1.165) is 35.1 Å². The number of nitrogens with one attached hydrogen (secondary N) is 1. The molecule has 0 bridgehead atoms. The van der Waals surface area contributed by atoms with E-state index in [1.165, 1.54) is 0 Å². The van der Waals surface area contributed by atoms with E-state index < -0.39 is 0 Å². The van der Waals surface area contributed by atoms with E-state index in [4.69, 9.17) is 0 Å². The van der Waals surface area contributed by atoms with Crippen LogP contribution in [-0.4, -0.2) is 37.0 Å². The third-order valence-corrected chi connectivity index (χ3v) is 4.26. The molecular weight excluding hydrogens is 280 g/mol. The number of nitrogens with zero attached hydrogens (tertiary/aromatic N) is 1. The number of benzene rings is 1. The first-order chi connectivity index (χ1) is 8.11. The number of likely N-dealkylation sites (N-methyl/N-ethyl adjacent to an activating group) is 1. The maximum Gasteiger partial charge on any atom is 0.254 e. The standard InChI is InChI=1S/C13H17BrN2O/c1-9-11(4-3-5-12(9)14)13(17)16(2)10-6-7-15-8-10/h3-5,10,15H,6-8H2,1-2H3/t10-/m1/s1. The maximum atomic E-state index is 12.4. The zero-order valence-corrected chi connectivity index (χ0v) is 11.8. The van der Waals surface area contributed by atoms with Gasteiger partial charge in [-0.3, -0.25) is 4.79 Å². The number of hydrogen-bond acceptors (Lipinski definition) is 2. The first-order valence-corrected chi connectivity index (χ1v) is 6.63. The fraction of sp³-hybridized carbons (Fsp3) is 0.462. The van der Waals surface area contributed by atoms with E-state index in [1.54, 1.807) is 0 Å². The summed E-state index contributed by atoms with van der Waals surface area (Å²) in [4.78, 5) is 14.2. The molecule has 1 aromatic carbocycles. The average Bonchev–Trinajstić information content (AvgIpc) is 2.84. The van der Waals surface area contributed by atoms with Gasteiger partial charge in [-0.1, -0.05) is 22.0 Å². The lowest BCUT2D eigenvalue weighted by Crippen LogP contribution is -2.38. The molecule has 0 saturated carbocycles. The molecule has 92 valence electrons. The monoisotopic (exact) mass is 296 g/mol. The van der Waals surface area contributed by atoms with Crippen LogP contribution < -0.4 is 5.32 Å². The van der Waals surface area contributed by atoms with Crippen molar-refractivity contribution in [1.82, 2.24) is 10.2 Å². The van der Waals surface area contributed by atoms with Gasteiger partial charge in [-0.2, -0.15) is 0 Å². The average molecular weight is 297 g/mol. The third-order valence-electron chi connectivity index (χ3n) is 3.40. The summed E-state index contributed by atoms with van der Waals surface area (Å²) >= 11 is 3.46. The minimum absolute atomic E-state index is 0.109. The van der Waals surface area contributed by atoms with Gasteiger partial charge in [0.25, 0.3) is 5.91 Å². The molecule has 0 aliphatic carbocycles. The topological polar surface area (TPSA) is 32.3 Å². The summed E-state index contributed by atoms with van der Waals surface area (Å²) in [5.74, 6) is 0.109. The van der Waals surface area contributed by atoms with Crippen molar-refractivity contribution in [1.29, 1.82) is 0 Å². The summed E-state index contributed by atoms with van der Waals surface area (Å²) in [5.41, 5.74) is 1.80. The molecule has 1 amide bonds. The summed E-state index contributed by atoms with van der Waals surface area (Å²) in [6.07, 6.45) is 1.04. The predicted molar refractivity (Wildman–Crippen MR) is 72.2 cm³/mol.